The third-order valence-corrected chi connectivity index (χ3v) is 1.79. The van der Waals surface area contributed by atoms with E-state index in [0.717, 1.165) is 6.92 Å². The van der Waals surface area contributed by atoms with Gasteiger partial charge in [0.25, 0.3) is 5.24 Å². The smallest absolute Gasteiger partial charge is 0.255 e. The van der Waals surface area contributed by atoms with Crippen molar-refractivity contribution in [3.8, 4) is 0 Å². The summed E-state index contributed by atoms with van der Waals surface area (Å²) in [5, 5.41) is -1.15. The van der Waals surface area contributed by atoms with Gasteiger partial charge in [0.2, 0.25) is 0 Å². The first-order valence-corrected chi connectivity index (χ1v) is 3.67. The van der Waals surface area contributed by atoms with E-state index in [0.29, 0.717) is 6.07 Å². The molecule has 0 saturated heterocycles. The van der Waals surface area contributed by atoms with E-state index in [1.54, 1.807) is 0 Å². The number of hydrogen-bond donors (Lipinski definition) is 0. The van der Waals surface area contributed by atoms with Crippen LogP contribution in [-0.4, -0.2) is 5.24 Å². The van der Waals surface area contributed by atoms with Gasteiger partial charge < -0.3 is 0 Å². The van der Waals surface area contributed by atoms with Crippen LogP contribution in [0.3, 0.4) is 0 Å². The number of halogens is 4. The monoisotopic (exact) mass is 208 g/mol. The lowest BCUT2D eigenvalue weighted by Crippen LogP contribution is -2.02. The highest BCUT2D eigenvalue weighted by Crippen LogP contribution is 2.20. The van der Waals surface area contributed by atoms with Gasteiger partial charge in [-0.25, -0.2) is 13.2 Å². The van der Waals surface area contributed by atoms with Gasteiger partial charge in [0, 0.05) is 5.56 Å². The molecule has 70 valence electrons. The summed E-state index contributed by atoms with van der Waals surface area (Å²) in [6, 6.07) is 0.437. The minimum atomic E-state index is -1.31. The van der Waals surface area contributed by atoms with Crippen LogP contribution in [0.25, 0.3) is 0 Å². The minimum Gasteiger partial charge on any atom is -0.275 e. The Morgan fingerprint density at radius 3 is 2.31 bits per heavy atom. The van der Waals surface area contributed by atoms with Crippen LogP contribution in [0.15, 0.2) is 6.07 Å². The summed E-state index contributed by atoms with van der Waals surface area (Å²) in [6.45, 7) is 1.02. The van der Waals surface area contributed by atoms with Gasteiger partial charge in [0.1, 0.15) is 5.82 Å². The maximum Gasteiger partial charge on any atom is 0.255 e. The highest BCUT2D eigenvalue weighted by Gasteiger charge is 2.18. The molecule has 0 heterocycles. The average molecular weight is 209 g/mol. The Morgan fingerprint density at radius 2 is 1.85 bits per heavy atom. The Kier molecular flexibility index (Phi) is 2.61. The molecule has 0 aliphatic heterocycles. The van der Waals surface area contributed by atoms with E-state index in [2.05, 4.69) is 0 Å². The van der Waals surface area contributed by atoms with Crippen LogP contribution >= 0.6 is 11.6 Å². The van der Waals surface area contributed by atoms with Crippen molar-refractivity contribution in [2.75, 3.05) is 0 Å². The van der Waals surface area contributed by atoms with Gasteiger partial charge in [-0.2, -0.15) is 0 Å². The molecule has 0 spiro atoms. The van der Waals surface area contributed by atoms with Crippen molar-refractivity contribution < 1.29 is 18.0 Å². The van der Waals surface area contributed by atoms with Crippen molar-refractivity contribution >= 4 is 16.8 Å². The van der Waals surface area contributed by atoms with E-state index in [9.17, 15) is 18.0 Å². The summed E-state index contributed by atoms with van der Waals surface area (Å²) in [4.78, 5) is 10.5. The molecular formula is C8H4ClF3O. The van der Waals surface area contributed by atoms with Crippen LogP contribution in [0.4, 0.5) is 13.2 Å². The number of benzene rings is 1. The van der Waals surface area contributed by atoms with E-state index >= 15 is 0 Å². The van der Waals surface area contributed by atoms with Crippen molar-refractivity contribution in [2.45, 2.75) is 6.92 Å². The van der Waals surface area contributed by atoms with Crippen LogP contribution in [0.2, 0.25) is 0 Å². The lowest BCUT2D eigenvalue weighted by Gasteiger charge is -2.03. The SMILES string of the molecule is Cc1c(F)c(F)cc(C(=O)Cl)c1F. The van der Waals surface area contributed by atoms with Gasteiger partial charge in [0.05, 0.1) is 5.56 Å². The molecule has 0 unspecified atom stereocenters. The zero-order valence-electron chi connectivity index (χ0n) is 6.50. The number of rotatable bonds is 1. The van der Waals surface area contributed by atoms with Crippen LogP contribution in [-0.2, 0) is 0 Å². The molecular weight excluding hydrogens is 205 g/mol. The van der Waals surface area contributed by atoms with Crippen molar-refractivity contribution in [1.29, 1.82) is 0 Å². The lowest BCUT2D eigenvalue weighted by atomic mass is 10.1. The quantitative estimate of drug-likeness (QED) is 0.512. The second kappa shape index (κ2) is 3.38. The summed E-state index contributed by atoms with van der Waals surface area (Å²) in [7, 11) is 0. The maximum atomic E-state index is 13.0. The summed E-state index contributed by atoms with van der Waals surface area (Å²) in [5.74, 6) is -3.72. The third kappa shape index (κ3) is 1.67. The average Bonchev–Trinajstić information content (AvgIpc) is 2.07. The molecule has 13 heavy (non-hydrogen) atoms. The summed E-state index contributed by atoms with van der Waals surface area (Å²) < 4.78 is 38.3. The lowest BCUT2D eigenvalue weighted by molar-refractivity contribution is 0.107. The highest BCUT2D eigenvalue weighted by molar-refractivity contribution is 6.67. The molecule has 1 rings (SSSR count). The zero-order valence-corrected chi connectivity index (χ0v) is 7.25. The standard InChI is InChI=1S/C8H4ClF3O/c1-3-6(11)4(8(9)13)2-5(10)7(3)12/h2H,1H3. The minimum absolute atomic E-state index is 0.437. The molecule has 0 aliphatic rings. The molecule has 0 fully saturated rings. The van der Waals surface area contributed by atoms with Crippen molar-refractivity contribution in [3.63, 3.8) is 0 Å². The zero-order chi connectivity index (χ0) is 10.2. The van der Waals surface area contributed by atoms with Gasteiger partial charge in [-0.15, -0.1) is 0 Å². The highest BCUT2D eigenvalue weighted by atomic mass is 35.5. The molecule has 0 amide bonds. The van der Waals surface area contributed by atoms with Gasteiger partial charge in [0.15, 0.2) is 11.6 Å². The van der Waals surface area contributed by atoms with E-state index in [-0.39, 0.29) is 0 Å². The first-order valence-electron chi connectivity index (χ1n) is 3.29. The molecule has 0 atom stereocenters. The molecule has 1 aromatic carbocycles. The Morgan fingerprint density at radius 1 is 1.31 bits per heavy atom. The van der Waals surface area contributed by atoms with Crippen LogP contribution in [0, 0.1) is 24.4 Å². The van der Waals surface area contributed by atoms with Crippen molar-refractivity contribution in [1.82, 2.24) is 0 Å². The molecule has 0 N–H and O–H groups in total. The van der Waals surface area contributed by atoms with Gasteiger partial charge in [-0.1, -0.05) is 0 Å². The number of hydrogen-bond acceptors (Lipinski definition) is 1. The van der Waals surface area contributed by atoms with Crippen LogP contribution in [0.5, 0.6) is 0 Å². The third-order valence-electron chi connectivity index (χ3n) is 1.59. The van der Waals surface area contributed by atoms with Gasteiger partial charge >= 0.3 is 0 Å². The summed E-state index contributed by atoms with van der Waals surface area (Å²) in [6.07, 6.45) is 0. The van der Waals surface area contributed by atoms with Crippen LogP contribution in [0.1, 0.15) is 15.9 Å². The van der Waals surface area contributed by atoms with Crippen molar-refractivity contribution in [2.24, 2.45) is 0 Å². The second-order valence-corrected chi connectivity index (χ2v) is 2.78. The Bertz CT molecular complexity index is 376. The fourth-order valence-electron chi connectivity index (χ4n) is 0.874. The first kappa shape index (κ1) is 10.1. The molecule has 0 saturated carbocycles. The Labute approximate surface area is 77.1 Å². The van der Waals surface area contributed by atoms with E-state index < -0.39 is 33.8 Å². The predicted molar refractivity (Wildman–Crippen MR) is 41.2 cm³/mol. The molecule has 5 heteroatoms. The van der Waals surface area contributed by atoms with Crippen molar-refractivity contribution in [3.05, 3.63) is 34.6 Å². The van der Waals surface area contributed by atoms with Gasteiger partial charge in [-0.05, 0) is 24.6 Å². The molecule has 1 nitrogen and oxygen atoms in total. The number of carbonyl (C=O) groups excluding carboxylic acids is 1. The van der Waals surface area contributed by atoms with E-state index in [4.69, 9.17) is 11.6 Å². The summed E-state index contributed by atoms with van der Waals surface area (Å²) in [5.41, 5.74) is -1.21. The fourth-order valence-corrected chi connectivity index (χ4v) is 1.01. The Balaban J connectivity index is 3.50. The first-order chi connectivity index (χ1) is 5.95. The van der Waals surface area contributed by atoms with E-state index in [1.165, 1.54) is 0 Å². The molecule has 0 aromatic heterocycles. The van der Waals surface area contributed by atoms with Crippen LogP contribution < -0.4 is 0 Å². The molecule has 0 bridgehead atoms. The summed E-state index contributed by atoms with van der Waals surface area (Å²) >= 11 is 4.94. The maximum absolute atomic E-state index is 13.0. The topological polar surface area (TPSA) is 17.1 Å². The predicted octanol–water partition coefficient (Wildman–Crippen LogP) is 2.79. The Hall–Kier alpha value is -1.03. The molecule has 0 aliphatic carbocycles. The van der Waals surface area contributed by atoms with Gasteiger partial charge in [-0.3, -0.25) is 4.79 Å². The normalized spacial score (nSPS) is 10.2. The fraction of sp³-hybridized carbons (Fsp3) is 0.125. The second-order valence-electron chi connectivity index (χ2n) is 2.43. The number of carbonyl (C=O) groups is 1. The molecule has 1 aromatic rings. The largest absolute Gasteiger partial charge is 0.275 e. The van der Waals surface area contributed by atoms with E-state index in [1.807, 2.05) is 0 Å². The molecule has 0 radical (unpaired) electrons.